The van der Waals surface area contributed by atoms with Gasteiger partial charge in [-0.05, 0) is 35.9 Å². The average Bonchev–Trinajstić information content (AvgIpc) is 3.09. The van der Waals surface area contributed by atoms with E-state index in [1.54, 1.807) is 19.2 Å². The van der Waals surface area contributed by atoms with Crippen LogP contribution in [0, 0.1) is 0 Å². The molecule has 0 aliphatic rings. The SMILES string of the molecule is CCC(C(=O)NCCNCCOC)n1nnc(-c2ccc(Cl)cc2)n1.Cl. The Morgan fingerprint density at radius 3 is 2.65 bits per heavy atom. The summed E-state index contributed by atoms with van der Waals surface area (Å²) in [5, 5.41) is 19.1. The van der Waals surface area contributed by atoms with Gasteiger partial charge in [-0.25, -0.2) is 0 Å². The number of rotatable bonds is 10. The van der Waals surface area contributed by atoms with Gasteiger partial charge in [0.1, 0.15) is 0 Å². The maximum Gasteiger partial charge on any atom is 0.246 e. The smallest absolute Gasteiger partial charge is 0.246 e. The van der Waals surface area contributed by atoms with Gasteiger partial charge in [0.15, 0.2) is 6.04 Å². The minimum atomic E-state index is -0.493. The Labute approximate surface area is 164 Å². The van der Waals surface area contributed by atoms with E-state index in [0.717, 1.165) is 12.1 Å². The molecule has 2 rings (SSSR count). The topological polar surface area (TPSA) is 94.0 Å². The Bertz CT molecular complexity index is 665. The third-order valence-corrected chi connectivity index (χ3v) is 3.83. The van der Waals surface area contributed by atoms with Crippen molar-refractivity contribution < 1.29 is 9.53 Å². The molecule has 1 heterocycles. The summed E-state index contributed by atoms with van der Waals surface area (Å²) < 4.78 is 4.94. The van der Waals surface area contributed by atoms with Crippen LogP contribution in [0.5, 0.6) is 0 Å². The Hall–Kier alpha value is -1.74. The number of carbonyl (C=O) groups excluding carboxylic acids is 1. The number of hydrogen-bond acceptors (Lipinski definition) is 6. The Morgan fingerprint density at radius 2 is 2.00 bits per heavy atom. The summed E-state index contributed by atoms with van der Waals surface area (Å²) in [7, 11) is 1.65. The number of methoxy groups -OCH3 is 1. The summed E-state index contributed by atoms with van der Waals surface area (Å²) >= 11 is 5.88. The molecule has 1 aromatic carbocycles. The number of nitrogens with one attached hydrogen (secondary N) is 2. The minimum Gasteiger partial charge on any atom is -0.383 e. The first-order valence-electron chi connectivity index (χ1n) is 8.18. The van der Waals surface area contributed by atoms with E-state index in [-0.39, 0.29) is 18.3 Å². The molecule has 10 heteroatoms. The van der Waals surface area contributed by atoms with E-state index in [0.29, 0.717) is 37.0 Å². The zero-order valence-electron chi connectivity index (χ0n) is 14.8. The van der Waals surface area contributed by atoms with Crippen LogP contribution in [0.4, 0.5) is 0 Å². The Kier molecular flexibility index (Phi) is 10.1. The molecule has 1 aromatic heterocycles. The van der Waals surface area contributed by atoms with Gasteiger partial charge < -0.3 is 15.4 Å². The molecule has 0 saturated carbocycles. The molecule has 1 atom stereocenters. The summed E-state index contributed by atoms with van der Waals surface area (Å²) in [4.78, 5) is 13.7. The molecule has 26 heavy (non-hydrogen) atoms. The maximum absolute atomic E-state index is 12.3. The molecule has 0 spiro atoms. The van der Waals surface area contributed by atoms with E-state index in [2.05, 4.69) is 26.0 Å². The Balaban J connectivity index is 0.00000338. The van der Waals surface area contributed by atoms with Crippen LogP contribution in [-0.2, 0) is 9.53 Å². The van der Waals surface area contributed by atoms with Gasteiger partial charge in [-0.2, -0.15) is 4.80 Å². The van der Waals surface area contributed by atoms with Crippen molar-refractivity contribution in [3.8, 4) is 11.4 Å². The molecular formula is C16H24Cl2N6O2. The third-order valence-electron chi connectivity index (χ3n) is 3.58. The van der Waals surface area contributed by atoms with Gasteiger partial charge in [-0.15, -0.1) is 22.6 Å². The van der Waals surface area contributed by atoms with Crippen LogP contribution < -0.4 is 10.6 Å². The van der Waals surface area contributed by atoms with E-state index in [4.69, 9.17) is 16.3 Å². The highest BCUT2D eigenvalue weighted by atomic mass is 35.5. The second-order valence-corrected chi connectivity index (χ2v) is 5.83. The van der Waals surface area contributed by atoms with Crippen molar-refractivity contribution in [2.75, 3.05) is 33.4 Å². The number of tetrazole rings is 1. The molecule has 144 valence electrons. The summed E-state index contributed by atoms with van der Waals surface area (Å²) in [6.07, 6.45) is 0.569. The number of hydrogen-bond donors (Lipinski definition) is 2. The molecule has 0 saturated heterocycles. The van der Waals surface area contributed by atoms with E-state index in [1.807, 2.05) is 19.1 Å². The molecule has 2 aromatic rings. The van der Waals surface area contributed by atoms with Crippen LogP contribution in [0.25, 0.3) is 11.4 Å². The zero-order chi connectivity index (χ0) is 18.1. The average molecular weight is 403 g/mol. The predicted octanol–water partition coefficient (Wildman–Crippen LogP) is 1.72. The van der Waals surface area contributed by atoms with Gasteiger partial charge in [0.25, 0.3) is 0 Å². The Morgan fingerprint density at radius 1 is 1.27 bits per heavy atom. The molecule has 2 N–H and O–H groups in total. The summed E-state index contributed by atoms with van der Waals surface area (Å²) in [5.41, 5.74) is 0.799. The van der Waals surface area contributed by atoms with Gasteiger partial charge in [-0.1, -0.05) is 18.5 Å². The first kappa shape index (κ1) is 22.3. The van der Waals surface area contributed by atoms with Crippen LogP contribution >= 0.6 is 24.0 Å². The molecule has 0 aliphatic carbocycles. The lowest BCUT2D eigenvalue weighted by Crippen LogP contribution is -2.38. The number of ether oxygens (including phenoxy) is 1. The van der Waals surface area contributed by atoms with E-state index in [9.17, 15) is 4.79 Å². The van der Waals surface area contributed by atoms with E-state index in [1.165, 1.54) is 4.80 Å². The number of halogens is 2. The summed E-state index contributed by atoms with van der Waals surface area (Å²) in [5.74, 6) is 0.334. The monoisotopic (exact) mass is 402 g/mol. The highest BCUT2D eigenvalue weighted by Crippen LogP contribution is 2.18. The van der Waals surface area contributed by atoms with E-state index < -0.39 is 6.04 Å². The predicted molar refractivity (Wildman–Crippen MR) is 103 cm³/mol. The fourth-order valence-corrected chi connectivity index (χ4v) is 2.34. The fraction of sp³-hybridized carbons (Fsp3) is 0.500. The van der Waals surface area contributed by atoms with Gasteiger partial charge in [0, 0.05) is 37.3 Å². The van der Waals surface area contributed by atoms with Crippen LogP contribution in [0.15, 0.2) is 24.3 Å². The van der Waals surface area contributed by atoms with Crippen molar-refractivity contribution in [2.45, 2.75) is 19.4 Å². The van der Waals surface area contributed by atoms with Crippen molar-refractivity contribution in [1.29, 1.82) is 0 Å². The fourth-order valence-electron chi connectivity index (χ4n) is 2.22. The standard InChI is InChI=1S/C16H23ClN6O2.ClH/c1-3-14(16(24)19-9-8-18-10-11-25-2)23-21-15(20-22-23)12-4-6-13(17)7-5-12;/h4-7,14,18H,3,8-11H2,1-2H3,(H,19,24);1H. The number of carbonyl (C=O) groups is 1. The summed E-state index contributed by atoms with van der Waals surface area (Å²) in [6, 6.07) is 6.66. The van der Waals surface area contributed by atoms with Crippen molar-refractivity contribution in [1.82, 2.24) is 30.8 Å². The molecule has 0 radical (unpaired) electrons. The third kappa shape index (κ3) is 6.53. The van der Waals surface area contributed by atoms with Crippen LogP contribution in [0.2, 0.25) is 5.02 Å². The first-order valence-corrected chi connectivity index (χ1v) is 8.56. The lowest BCUT2D eigenvalue weighted by molar-refractivity contribution is -0.125. The van der Waals surface area contributed by atoms with Crippen molar-refractivity contribution in [3.05, 3.63) is 29.3 Å². The molecule has 0 fully saturated rings. The highest BCUT2D eigenvalue weighted by Gasteiger charge is 2.21. The molecule has 1 unspecified atom stereocenters. The normalized spacial score (nSPS) is 11.7. The zero-order valence-corrected chi connectivity index (χ0v) is 16.4. The summed E-state index contributed by atoms with van der Waals surface area (Å²) in [6.45, 7) is 4.50. The van der Waals surface area contributed by atoms with Crippen LogP contribution in [-0.4, -0.2) is 59.5 Å². The number of aromatic nitrogens is 4. The van der Waals surface area contributed by atoms with Crippen molar-refractivity contribution in [3.63, 3.8) is 0 Å². The van der Waals surface area contributed by atoms with Gasteiger partial charge in [0.05, 0.1) is 6.61 Å². The quantitative estimate of drug-likeness (QED) is 0.587. The molecule has 8 nitrogen and oxygen atoms in total. The minimum absolute atomic E-state index is 0. The van der Waals surface area contributed by atoms with Crippen LogP contribution in [0.3, 0.4) is 0 Å². The number of amides is 1. The van der Waals surface area contributed by atoms with Gasteiger partial charge >= 0.3 is 0 Å². The molecule has 1 amide bonds. The molecule has 0 bridgehead atoms. The second-order valence-electron chi connectivity index (χ2n) is 5.40. The van der Waals surface area contributed by atoms with Gasteiger partial charge in [-0.3, -0.25) is 4.79 Å². The molecular weight excluding hydrogens is 379 g/mol. The lowest BCUT2D eigenvalue weighted by Gasteiger charge is -2.13. The van der Waals surface area contributed by atoms with Gasteiger partial charge in [0.2, 0.25) is 11.7 Å². The van der Waals surface area contributed by atoms with Crippen molar-refractivity contribution >= 4 is 29.9 Å². The van der Waals surface area contributed by atoms with E-state index >= 15 is 0 Å². The van der Waals surface area contributed by atoms with Crippen LogP contribution in [0.1, 0.15) is 19.4 Å². The first-order chi connectivity index (χ1) is 12.2. The molecule has 0 aliphatic heterocycles. The lowest BCUT2D eigenvalue weighted by atomic mass is 10.2. The largest absolute Gasteiger partial charge is 0.383 e. The number of nitrogens with zero attached hydrogens (tertiary/aromatic N) is 4. The number of benzene rings is 1. The maximum atomic E-state index is 12.3. The van der Waals surface area contributed by atoms with Crippen molar-refractivity contribution in [2.24, 2.45) is 0 Å². The highest BCUT2D eigenvalue weighted by molar-refractivity contribution is 6.30. The second kappa shape index (κ2) is 11.8.